The van der Waals surface area contributed by atoms with Crippen LogP contribution < -0.4 is 5.32 Å². The van der Waals surface area contributed by atoms with Crippen molar-refractivity contribution < 1.29 is 0 Å². The van der Waals surface area contributed by atoms with Gasteiger partial charge in [-0.25, -0.2) is 0 Å². The minimum atomic E-state index is 0.626. The summed E-state index contributed by atoms with van der Waals surface area (Å²) >= 11 is 0. The summed E-state index contributed by atoms with van der Waals surface area (Å²) in [6.45, 7) is 15.5. The second kappa shape index (κ2) is 7.17. The number of rotatable bonds is 6. The molecule has 1 N–H and O–H groups in total. The molecule has 0 bridgehead atoms. The maximum absolute atomic E-state index is 3.88. The molecule has 0 radical (unpaired) electrons. The molecule has 0 aromatic carbocycles. The molecule has 3 unspecified atom stereocenters. The lowest BCUT2D eigenvalue weighted by Crippen LogP contribution is -2.60. The van der Waals surface area contributed by atoms with Gasteiger partial charge < -0.3 is 5.32 Å². The van der Waals surface area contributed by atoms with E-state index in [1.807, 2.05) is 0 Å². The van der Waals surface area contributed by atoms with Gasteiger partial charge >= 0.3 is 0 Å². The molecule has 0 spiro atoms. The highest BCUT2D eigenvalue weighted by atomic mass is 15.3. The summed E-state index contributed by atoms with van der Waals surface area (Å²) in [5.74, 6) is 0.720. The molecular weight excluding hydrogens is 208 g/mol. The normalized spacial score (nSPS) is 28.3. The quantitative estimate of drug-likeness (QED) is 0.716. The Balaban J connectivity index is 2.64. The van der Waals surface area contributed by atoms with Crippen molar-refractivity contribution in [1.29, 1.82) is 0 Å². The van der Waals surface area contributed by atoms with Gasteiger partial charge in [0.1, 0.15) is 0 Å². The van der Waals surface area contributed by atoms with E-state index >= 15 is 0 Å². The minimum Gasteiger partial charge on any atom is -0.311 e. The first-order chi connectivity index (χ1) is 8.10. The van der Waals surface area contributed by atoms with Crippen molar-refractivity contribution in [2.24, 2.45) is 5.92 Å². The summed E-state index contributed by atoms with van der Waals surface area (Å²) in [6, 6.07) is 1.99. The van der Waals surface area contributed by atoms with Crippen LogP contribution in [0.5, 0.6) is 0 Å². The fourth-order valence-electron chi connectivity index (χ4n) is 2.90. The number of hydrogen-bond donors (Lipinski definition) is 1. The largest absolute Gasteiger partial charge is 0.311 e. The average molecular weight is 238 g/mol. The molecule has 0 aromatic rings. The third-order valence-corrected chi connectivity index (χ3v) is 3.95. The van der Waals surface area contributed by atoms with Crippen molar-refractivity contribution >= 4 is 0 Å². The zero-order valence-electron chi connectivity index (χ0n) is 12.1. The van der Waals surface area contributed by atoms with Gasteiger partial charge in [0.2, 0.25) is 0 Å². The van der Waals surface area contributed by atoms with Gasteiger partial charge in [-0.05, 0) is 25.7 Å². The van der Waals surface area contributed by atoms with E-state index in [1.54, 1.807) is 0 Å². The molecule has 2 nitrogen and oxygen atoms in total. The SMILES string of the molecule is C=CCC(C)N1CC(CCC)NCC1C(C)C. The predicted octanol–water partition coefficient (Wildman–Crippen LogP) is 3.05. The van der Waals surface area contributed by atoms with Gasteiger partial charge in [0.05, 0.1) is 0 Å². The van der Waals surface area contributed by atoms with Crippen LogP contribution in [-0.2, 0) is 0 Å². The molecule has 1 saturated heterocycles. The molecule has 100 valence electrons. The van der Waals surface area contributed by atoms with Crippen LogP contribution in [0.15, 0.2) is 12.7 Å². The third kappa shape index (κ3) is 4.11. The molecule has 1 heterocycles. The first-order valence-electron chi connectivity index (χ1n) is 7.20. The smallest absolute Gasteiger partial charge is 0.0247 e. The molecule has 1 rings (SSSR count). The number of hydrogen-bond acceptors (Lipinski definition) is 2. The van der Waals surface area contributed by atoms with E-state index in [2.05, 4.69) is 50.6 Å². The van der Waals surface area contributed by atoms with Crippen molar-refractivity contribution in [2.45, 2.75) is 65.1 Å². The molecule has 17 heavy (non-hydrogen) atoms. The van der Waals surface area contributed by atoms with Crippen LogP contribution in [0.3, 0.4) is 0 Å². The second-order valence-corrected chi connectivity index (χ2v) is 5.78. The lowest BCUT2D eigenvalue weighted by molar-refractivity contribution is 0.0612. The van der Waals surface area contributed by atoms with Crippen molar-refractivity contribution in [2.75, 3.05) is 13.1 Å². The van der Waals surface area contributed by atoms with Crippen molar-refractivity contribution in [3.63, 3.8) is 0 Å². The van der Waals surface area contributed by atoms with Crippen LogP contribution in [0.2, 0.25) is 0 Å². The first-order valence-corrected chi connectivity index (χ1v) is 7.20. The average Bonchev–Trinajstić information content (AvgIpc) is 2.29. The van der Waals surface area contributed by atoms with E-state index in [1.165, 1.54) is 19.4 Å². The molecule has 0 aliphatic carbocycles. The molecular formula is C15H30N2. The lowest BCUT2D eigenvalue weighted by atomic mass is 9.94. The van der Waals surface area contributed by atoms with Gasteiger partial charge in [0.25, 0.3) is 0 Å². The van der Waals surface area contributed by atoms with Crippen LogP contribution >= 0.6 is 0 Å². The number of piperazine rings is 1. The van der Waals surface area contributed by atoms with Crippen molar-refractivity contribution in [3.8, 4) is 0 Å². The first kappa shape index (κ1) is 14.7. The van der Waals surface area contributed by atoms with Crippen LogP contribution in [0.25, 0.3) is 0 Å². The lowest BCUT2D eigenvalue weighted by Gasteiger charge is -2.45. The van der Waals surface area contributed by atoms with Crippen LogP contribution in [0, 0.1) is 5.92 Å². The predicted molar refractivity (Wildman–Crippen MR) is 76.3 cm³/mol. The molecule has 1 aliphatic heterocycles. The van der Waals surface area contributed by atoms with E-state index in [-0.39, 0.29) is 0 Å². The van der Waals surface area contributed by atoms with Crippen LogP contribution in [-0.4, -0.2) is 36.1 Å². The molecule has 1 aliphatic rings. The Labute approximate surface area is 107 Å². The van der Waals surface area contributed by atoms with Crippen LogP contribution in [0.1, 0.15) is 47.0 Å². The van der Waals surface area contributed by atoms with Gasteiger partial charge in [0, 0.05) is 31.2 Å². The Kier molecular flexibility index (Phi) is 6.21. The summed E-state index contributed by atoms with van der Waals surface area (Å²) in [5.41, 5.74) is 0. The van der Waals surface area contributed by atoms with Gasteiger partial charge in [-0.15, -0.1) is 6.58 Å². The van der Waals surface area contributed by atoms with E-state index in [4.69, 9.17) is 0 Å². The standard InChI is InChI=1S/C15H30N2/c1-6-8-13(5)17-11-14(9-7-2)16-10-15(17)12(3)4/h6,12-16H,1,7-11H2,2-5H3. The van der Waals surface area contributed by atoms with Gasteiger partial charge in [0.15, 0.2) is 0 Å². The van der Waals surface area contributed by atoms with Gasteiger partial charge in [-0.3, -0.25) is 4.90 Å². The van der Waals surface area contributed by atoms with Gasteiger partial charge in [-0.1, -0.05) is 33.3 Å². The molecule has 1 fully saturated rings. The second-order valence-electron chi connectivity index (χ2n) is 5.78. The van der Waals surface area contributed by atoms with Gasteiger partial charge in [-0.2, -0.15) is 0 Å². The van der Waals surface area contributed by atoms with E-state index in [0.29, 0.717) is 18.1 Å². The van der Waals surface area contributed by atoms with E-state index < -0.39 is 0 Å². The number of nitrogens with zero attached hydrogens (tertiary/aromatic N) is 1. The van der Waals surface area contributed by atoms with Crippen molar-refractivity contribution in [1.82, 2.24) is 10.2 Å². The van der Waals surface area contributed by atoms with Crippen molar-refractivity contribution in [3.05, 3.63) is 12.7 Å². The third-order valence-electron chi connectivity index (χ3n) is 3.95. The molecule has 2 heteroatoms. The molecule has 0 aromatic heterocycles. The molecule has 0 saturated carbocycles. The molecule has 0 amide bonds. The van der Waals surface area contributed by atoms with E-state index in [0.717, 1.165) is 18.9 Å². The summed E-state index contributed by atoms with van der Waals surface area (Å²) in [4.78, 5) is 2.70. The highest BCUT2D eigenvalue weighted by Crippen LogP contribution is 2.21. The summed E-state index contributed by atoms with van der Waals surface area (Å²) in [7, 11) is 0. The summed E-state index contributed by atoms with van der Waals surface area (Å²) in [5, 5.41) is 3.71. The van der Waals surface area contributed by atoms with E-state index in [9.17, 15) is 0 Å². The van der Waals surface area contributed by atoms with Crippen LogP contribution in [0.4, 0.5) is 0 Å². The Hall–Kier alpha value is -0.340. The molecule has 3 atom stereocenters. The Morgan fingerprint density at radius 3 is 2.65 bits per heavy atom. The fraction of sp³-hybridized carbons (Fsp3) is 0.867. The Morgan fingerprint density at radius 2 is 2.12 bits per heavy atom. The highest BCUT2D eigenvalue weighted by Gasteiger charge is 2.31. The maximum Gasteiger partial charge on any atom is 0.0247 e. The monoisotopic (exact) mass is 238 g/mol. The fourth-order valence-corrected chi connectivity index (χ4v) is 2.90. The minimum absolute atomic E-state index is 0.626. The zero-order valence-corrected chi connectivity index (χ0v) is 12.1. The summed E-state index contributed by atoms with van der Waals surface area (Å²) in [6.07, 6.45) is 5.72. The Bertz CT molecular complexity index is 225. The Morgan fingerprint density at radius 1 is 1.41 bits per heavy atom. The summed E-state index contributed by atoms with van der Waals surface area (Å²) < 4.78 is 0. The topological polar surface area (TPSA) is 15.3 Å². The highest BCUT2D eigenvalue weighted by molar-refractivity contribution is 4.91. The number of nitrogens with one attached hydrogen (secondary N) is 1. The maximum atomic E-state index is 3.88. The zero-order chi connectivity index (χ0) is 12.8.